The van der Waals surface area contributed by atoms with Crippen molar-refractivity contribution in [1.29, 1.82) is 5.26 Å². The van der Waals surface area contributed by atoms with Crippen LogP contribution in [-0.2, 0) is 32.5 Å². The summed E-state index contributed by atoms with van der Waals surface area (Å²) < 4.78 is 32.2. The maximum Gasteiger partial charge on any atom is 0.247 e. The summed E-state index contributed by atoms with van der Waals surface area (Å²) in [7, 11) is -3.75. The van der Waals surface area contributed by atoms with E-state index in [0.29, 0.717) is 24.2 Å². The molecule has 3 aromatic rings. The fourth-order valence-electron chi connectivity index (χ4n) is 3.72. The number of aryl methyl sites for hydroxylation is 1. The smallest absolute Gasteiger partial charge is 0.247 e. The predicted molar refractivity (Wildman–Crippen MR) is 146 cm³/mol. The second-order valence-corrected chi connectivity index (χ2v) is 12.1. The molecule has 1 unspecified atom stereocenters. The maximum atomic E-state index is 13.2. The molecule has 0 radical (unpaired) electrons. The van der Waals surface area contributed by atoms with Gasteiger partial charge in [-0.3, -0.25) is 9.63 Å². The lowest BCUT2D eigenvalue weighted by atomic mass is 10.0. The molecule has 8 heteroatoms. The minimum Gasteiger partial charge on any atom is -0.489 e. The normalized spacial score (nSPS) is 12.4. The molecule has 0 saturated heterocycles. The lowest BCUT2D eigenvalue weighted by molar-refractivity contribution is -0.149. The van der Waals surface area contributed by atoms with Gasteiger partial charge in [0.15, 0.2) is 9.84 Å². The molecule has 38 heavy (non-hydrogen) atoms. The van der Waals surface area contributed by atoms with Crippen molar-refractivity contribution in [2.24, 2.45) is 5.92 Å². The highest BCUT2D eigenvalue weighted by molar-refractivity contribution is 7.91. The lowest BCUT2D eigenvalue weighted by Crippen LogP contribution is -2.39. The van der Waals surface area contributed by atoms with E-state index in [1.807, 2.05) is 42.5 Å². The van der Waals surface area contributed by atoms with Crippen LogP contribution in [0.25, 0.3) is 0 Å². The molecule has 0 bridgehead atoms. The first-order valence-corrected chi connectivity index (χ1v) is 14.2. The molecule has 0 saturated carbocycles. The highest BCUT2D eigenvalue weighted by Gasteiger charge is 2.28. The second kappa shape index (κ2) is 13.2. The van der Waals surface area contributed by atoms with Gasteiger partial charge in [0.1, 0.15) is 12.4 Å². The highest BCUT2D eigenvalue weighted by atomic mass is 32.2. The van der Waals surface area contributed by atoms with Crippen LogP contribution in [0.5, 0.6) is 5.75 Å². The van der Waals surface area contributed by atoms with E-state index >= 15 is 0 Å². The molecule has 0 aliphatic rings. The van der Waals surface area contributed by atoms with E-state index in [1.54, 1.807) is 45.0 Å². The minimum absolute atomic E-state index is 0.126. The van der Waals surface area contributed by atoms with Crippen LogP contribution >= 0.6 is 0 Å². The number of amides is 1. The number of nitrogens with one attached hydrogen (secondary N) is 1. The molecule has 200 valence electrons. The summed E-state index contributed by atoms with van der Waals surface area (Å²) in [4.78, 5) is 18.5. The molecule has 0 spiro atoms. The first kappa shape index (κ1) is 28.9. The largest absolute Gasteiger partial charge is 0.489 e. The summed E-state index contributed by atoms with van der Waals surface area (Å²) in [6.45, 7) is 5.70. The lowest BCUT2D eigenvalue weighted by Gasteiger charge is -2.22. The average molecular weight is 535 g/mol. The first-order chi connectivity index (χ1) is 18.1. The third-order valence-corrected chi connectivity index (χ3v) is 7.61. The molecule has 3 aromatic carbocycles. The number of sulfone groups is 1. The fraction of sp³-hybridized carbons (Fsp3) is 0.333. The number of hydroxylamine groups is 1. The predicted octanol–water partition coefficient (Wildman–Crippen LogP) is 5.40. The standard InChI is InChI=1S/C30H34N2O5S/c1-30(2,3)37-32-29(33)26(11-7-10-23-8-5-4-6-9-23)22-38(34,35)28-18-16-27(17-19-28)36-21-25-14-12-24(20-31)13-15-25/h4-6,8-9,12-19,26H,7,10-11,21-22H2,1-3H3,(H,32,33). The van der Waals surface area contributed by atoms with Crippen molar-refractivity contribution in [2.45, 2.75) is 57.1 Å². The summed E-state index contributed by atoms with van der Waals surface area (Å²) in [5, 5.41) is 8.90. The SMILES string of the molecule is CC(C)(C)ONC(=O)C(CCCc1ccccc1)CS(=O)(=O)c1ccc(OCc2ccc(C#N)cc2)cc1. The van der Waals surface area contributed by atoms with E-state index in [4.69, 9.17) is 14.8 Å². The van der Waals surface area contributed by atoms with Gasteiger partial charge in [0.25, 0.3) is 0 Å². The number of nitrogens with zero attached hydrogens (tertiary/aromatic N) is 1. The molecule has 0 aliphatic heterocycles. The van der Waals surface area contributed by atoms with Gasteiger partial charge in [-0.25, -0.2) is 13.9 Å². The van der Waals surface area contributed by atoms with Crippen molar-refractivity contribution in [3.8, 4) is 11.8 Å². The first-order valence-electron chi connectivity index (χ1n) is 12.5. The molecule has 0 aliphatic carbocycles. The van der Waals surface area contributed by atoms with Crippen molar-refractivity contribution in [3.63, 3.8) is 0 Å². The zero-order valence-corrected chi connectivity index (χ0v) is 22.8. The van der Waals surface area contributed by atoms with Crippen LogP contribution in [-0.4, -0.2) is 25.7 Å². The van der Waals surface area contributed by atoms with Gasteiger partial charge in [-0.15, -0.1) is 0 Å². The topological polar surface area (TPSA) is 105 Å². The molecule has 0 aromatic heterocycles. The number of benzene rings is 3. The molecule has 1 N–H and O–H groups in total. The van der Waals surface area contributed by atoms with Crippen LogP contribution < -0.4 is 10.2 Å². The van der Waals surface area contributed by atoms with E-state index in [1.165, 1.54) is 12.1 Å². The summed E-state index contributed by atoms with van der Waals surface area (Å²) in [6, 6.07) is 25.2. The fourth-order valence-corrected chi connectivity index (χ4v) is 5.31. The molecule has 1 amide bonds. The van der Waals surface area contributed by atoms with Crippen molar-refractivity contribution >= 4 is 15.7 Å². The Hall–Kier alpha value is -3.67. The van der Waals surface area contributed by atoms with E-state index in [9.17, 15) is 13.2 Å². The van der Waals surface area contributed by atoms with Gasteiger partial charge < -0.3 is 4.74 Å². The average Bonchev–Trinajstić information content (AvgIpc) is 2.90. The Morgan fingerprint density at radius 3 is 2.21 bits per heavy atom. The van der Waals surface area contributed by atoms with Gasteiger partial charge >= 0.3 is 0 Å². The van der Waals surface area contributed by atoms with Crippen molar-refractivity contribution in [2.75, 3.05) is 5.75 Å². The zero-order valence-electron chi connectivity index (χ0n) is 22.0. The third-order valence-electron chi connectivity index (χ3n) is 5.78. The number of nitriles is 1. The van der Waals surface area contributed by atoms with Gasteiger partial charge in [-0.05, 0) is 87.6 Å². The molecular formula is C30H34N2O5S. The summed E-state index contributed by atoms with van der Waals surface area (Å²) >= 11 is 0. The van der Waals surface area contributed by atoms with Gasteiger partial charge in [0, 0.05) is 0 Å². The monoisotopic (exact) mass is 534 g/mol. The molecule has 1 atom stereocenters. The van der Waals surface area contributed by atoms with Crippen LogP contribution in [0.1, 0.15) is 50.3 Å². The number of hydrogen-bond donors (Lipinski definition) is 1. The summed E-state index contributed by atoms with van der Waals surface area (Å²) in [5.74, 6) is -1.02. The molecule has 7 nitrogen and oxygen atoms in total. The molecular weight excluding hydrogens is 500 g/mol. The van der Waals surface area contributed by atoms with Gasteiger partial charge in [0.05, 0.1) is 33.8 Å². The zero-order chi connectivity index (χ0) is 27.6. The van der Waals surface area contributed by atoms with Crippen LogP contribution in [0.2, 0.25) is 0 Å². The van der Waals surface area contributed by atoms with Gasteiger partial charge in [-0.2, -0.15) is 5.26 Å². The quantitative estimate of drug-likeness (QED) is 0.312. The van der Waals surface area contributed by atoms with E-state index < -0.39 is 27.3 Å². The van der Waals surface area contributed by atoms with Crippen LogP contribution in [0.15, 0.2) is 83.8 Å². The number of carbonyl (C=O) groups is 1. The summed E-state index contributed by atoms with van der Waals surface area (Å²) in [6.07, 6.45) is 1.81. The molecule has 0 heterocycles. The van der Waals surface area contributed by atoms with E-state index in [-0.39, 0.29) is 17.3 Å². The van der Waals surface area contributed by atoms with Crippen molar-refractivity contribution < 1.29 is 22.8 Å². The Morgan fingerprint density at radius 1 is 0.947 bits per heavy atom. The van der Waals surface area contributed by atoms with Gasteiger partial charge in [-0.1, -0.05) is 42.5 Å². The Morgan fingerprint density at radius 2 is 1.61 bits per heavy atom. The Bertz CT molecular complexity index is 1320. The number of rotatable bonds is 12. The molecule has 3 rings (SSSR count). The second-order valence-electron chi connectivity index (χ2n) is 10.1. The Kier molecular flexibility index (Phi) is 10.1. The Labute approximate surface area is 225 Å². The van der Waals surface area contributed by atoms with Crippen LogP contribution in [0, 0.1) is 17.2 Å². The van der Waals surface area contributed by atoms with E-state index in [2.05, 4.69) is 11.5 Å². The van der Waals surface area contributed by atoms with Crippen molar-refractivity contribution in [1.82, 2.24) is 5.48 Å². The number of hydrogen-bond acceptors (Lipinski definition) is 6. The number of carbonyl (C=O) groups excluding carboxylic acids is 1. The van der Waals surface area contributed by atoms with Crippen LogP contribution in [0.3, 0.4) is 0 Å². The highest BCUT2D eigenvalue weighted by Crippen LogP contribution is 2.22. The van der Waals surface area contributed by atoms with Crippen LogP contribution in [0.4, 0.5) is 0 Å². The maximum absolute atomic E-state index is 13.2. The van der Waals surface area contributed by atoms with E-state index in [0.717, 1.165) is 17.5 Å². The van der Waals surface area contributed by atoms with Crippen molar-refractivity contribution in [3.05, 3.63) is 95.6 Å². The molecule has 0 fully saturated rings. The number of ether oxygens (including phenoxy) is 1. The summed E-state index contributed by atoms with van der Waals surface area (Å²) in [5.41, 5.74) is 4.45. The minimum atomic E-state index is -3.75. The van der Waals surface area contributed by atoms with Gasteiger partial charge in [0.2, 0.25) is 5.91 Å². The third kappa shape index (κ3) is 9.33. The Balaban J connectivity index is 1.64.